The highest BCUT2D eigenvalue weighted by atomic mass is 35.5. The molecule has 5 nitrogen and oxygen atoms in total. The number of hydrogen-bond acceptors (Lipinski definition) is 3. The molecular formula is C11H13ClN2O3. The number of methoxy groups -OCH3 is 1. The average Bonchev–Trinajstić information content (AvgIpc) is 2.37. The summed E-state index contributed by atoms with van der Waals surface area (Å²) >= 11 is 5.39. The van der Waals surface area contributed by atoms with Crippen molar-refractivity contribution in [2.24, 2.45) is 0 Å². The summed E-state index contributed by atoms with van der Waals surface area (Å²) < 4.78 is 5.07. The van der Waals surface area contributed by atoms with E-state index in [4.69, 9.17) is 16.3 Å². The van der Waals surface area contributed by atoms with Crippen LogP contribution in [0.25, 0.3) is 0 Å². The van der Waals surface area contributed by atoms with E-state index in [-0.39, 0.29) is 17.7 Å². The number of ether oxygens (including phenoxy) is 1. The first-order valence-corrected chi connectivity index (χ1v) is 5.41. The van der Waals surface area contributed by atoms with Crippen LogP contribution in [0, 0.1) is 0 Å². The van der Waals surface area contributed by atoms with Gasteiger partial charge in [-0.2, -0.15) is 0 Å². The predicted molar refractivity (Wildman–Crippen MR) is 65.7 cm³/mol. The summed E-state index contributed by atoms with van der Waals surface area (Å²) in [5.41, 5.74) is 0.845. The second kappa shape index (κ2) is 6.10. The Morgan fingerprint density at radius 1 is 1.41 bits per heavy atom. The Kier molecular flexibility index (Phi) is 4.78. The Morgan fingerprint density at radius 3 is 2.65 bits per heavy atom. The molecule has 0 bridgehead atoms. The maximum Gasteiger partial charge on any atom is 0.251 e. The van der Waals surface area contributed by atoms with E-state index in [9.17, 15) is 9.59 Å². The van der Waals surface area contributed by atoms with Gasteiger partial charge < -0.3 is 15.4 Å². The average molecular weight is 257 g/mol. The molecule has 0 heterocycles. The lowest BCUT2D eigenvalue weighted by atomic mass is 10.1. The number of nitrogens with one attached hydrogen (secondary N) is 2. The smallest absolute Gasteiger partial charge is 0.251 e. The topological polar surface area (TPSA) is 67.4 Å². The molecule has 2 amide bonds. The quantitative estimate of drug-likeness (QED) is 0.797. The molecule has 0 aliphatic heterocycles. The number of hydrogen-bond donors (Lipinski definition) is 2. The van der Waals surface area contributed by atoms with Crippen molar-refractivity contribution in [3.05, 3.63) is 23.8 Å². The first kappa shape index (κ1) is 13.3. The molecule has 92 valence electrons. The number of benzene rings is 1. The lowest BCUT2D eigenvalue weighted by Gasteiger charge is -2.10. The Labute approximate surface area is 104 Å². The van der Waals surface area contributed by atoms with Crippen LogP contribution in [0.5, 0.6) is 5.75 Å². The standard InChI is InChI=1S/C11H13ClN2O3/c1-13-11(16)7-3-4-9(17-2)8(5-7)14-10(15)6-12/h3-5H,6H2,1-2H3,(H,13,16)(H,14,15). The van der Waals surface area contributed by atoms with Gasteiger partial charge in [0.05, 0.1) is 12.8 Å². The molecule has 0 aromatic heterocycles. The van der Waals surface area contributed by atoms with Crippen molar-refractivity contribution >= 4 is 29.1 Å². The lowest BCUT2D eigenvalue weighted by Crippen LogP contribution is -2.19. The minimum atomic E-state index is -0.362. The molecule has 6 heteroatoms. The van der Waals surface area contributed by atoms with Crippen LogP contribution in [0.3, 0.4) is 0 Å². The number of carbonyl (C=O) groups is 2. The molecule has 0 spiro atoms. The molecule has 0 radical (unpaired) electrons. The molecule has 0 saturated carbocycles. The molecule has 0 atom stereocenters. The first-order valence-electron chi connectivity index (χ1n) is 4.88. The number of alkyl halides is 1. The van der Waals surface area contributed by atoms with Crippen molar-refractivity contribution in [3.63, 3.8) is 0 Å². The fraction of sp³-hybridized carbons (Fsp3) is 0.273. The van der Waals surface area contributed by atoms with Gasteiger partial charge in [0.1, 0.15) is 11.6 Å². The lowest BCUT2D eigenvalue weighted by molar-refractivity contribution is -0.113. The zero-order valence-electron chi connectivity index (χ0n) is 9.54. The third kappa shape index (κ3) is 3.35. The van der Waals surface area contributed by atoms with Gasteiger partial charge in [0, 0.05) is 12.6 Å². The molecule has 2 N–H and O–H groups in total. The highest BCUT2D eigenvalue weighted by Crippen LogP contribution is 2.25. The van der Waals surface area contributed by atoms with Crippen LogP contribution in [-0.2, 0) is 4.79 Å². The van der Waals surface area contributed by atoms with E-state index < -0.39 is 0 Å². The third-order valence-corrected chi connectivity index (χ3v) is 2.33. The van der Waals surface area contributed by atoms with E-state index in [0.717, 1.165) is 0 Å². The Morgan fingerprint density at radius 2 is 2.12 bits per heavy atom. The number of halogens is 1. The summed E-state index contributed by atoms with van der Waals surface area (Å²) in [5, 5.41) is 5.05. The van der Waals surface area contributed by atoms with Crippen LogP contribution in [0.15, 0.2) is 18.2 Å². The molecule has 0 unspecified atom stereocenters. The van der Waals surface area contributed by atoms with Crippen LogP contribution in [0.2, 0.25) is 0 Å². The highest BCUT2D eigenvalue weighted by Gasteiger charge is 2.10. The van der Waals surface area contributed by atoms with Crippen molar-refractivity contribution in [2.75, 3.05) is 25.4 Å². The zero-order valence-corrected chi connectivity index (χ0v) is 10.3. The molecule has 1 aromatic carbocycles. The fourth-order valence-electron chi connectivity index (χ4n) is 1.27. The summed E-state index contributed by atoms with van der Waals surface area (Å²) in [5.74, 6) is -0.294. The minimum Gasteiger partial charge on any atom is -0.495 e. The molecule has 0 saturated heterocycles. The van der Waals surface area contributed by atoms with Gasteiger partial charge in [-0.25, -0.2) is 0 Å². The minimum absolute atomic E-state index is 0.159. The van der Waals surface area contributed by atoms with Crippen molar-refractivity contribution in [1.82, 2.24) is 5.32 Å². The van der Waals surface area contributed by atoms with E-state index in [1.165, 1.54) is 20.2 Å². The number of rotatable bonds is 4. The van der Waals surface area contributed by atoms with Gasteiger partial charge in [-0.3, -0.25) is 9.59 Å². The van der Waals surface area contributed by atoms with Crippen molar-refractivity contribution in [1.29, 1.82) is 0 Å². The molecule has 1 aromatic rings. The van der Waals surface area contributed by atoms with Crippen LogP contribution in [0.1, 0.15) is 10.4 Å². The second-order valence-electron chi connectivity index (χ2n) is 3.18. The highest BCUT2D eigenvalue weighted by molar-refractivity contribution is 6.29. The molecule has 1 rings (SSSR count). The first-order chi connectivity index (χ1) is 8.12. The molecule has 0 aliphatic carbocycles. The molecule has 0 fully saturated rings. The van der Waals surface area contributed by atoms with E-state index in [0.29, 0.717) is 17.0 Å². The largest absolute Gasteiger partial charge is 0.495 e. The Balaban J connectivity index is 3.06. The third-order valence-electron chi connectivity index (χ3n) is 2.08. The molecule has 17 heavy (non-hydrogen) atoms. The van der Waals surface area contributed by atoms with Crippen LogP contribution >= 0.6 is 11.6 Å². The summed E-state index contributed by atoms with van der Waals surface area (Å²) in [6, 6.07) is 4.74. The number of anilines is 1. The maximum atomic E-state index is 11.4. The fourth-order valence-corrected chi connectivity index (χ4v) is 1.34. The van der Waals surface area contributed by atoms with Gasteiger partial charge in [0.25, 0.3) is 5.91 Å². The Hall–Kier alpha value is -1.75. The van der Waals surface area contributed by atoms with Crippen LogP contribution in [-0.4, -0.2) is 31.9 Å². The summed E-state index contributed by atoms with van der Waals surface area (Å²) in [6.45, 7) is 0. The summed E-state index contributed by atoms with van der Waals surface area (Å²) in [6.07, 6.45) is 0. The SMILES string of the molecule is CNC(=O)c1ccc(OC)c(NC(=O)CCl)c1. The van der Waals surface area contributed by atoms with Crippen molar-refractivity contribution in [3.8, 4) is 5.75 Å². The van der Waals surface area contributed by atoms with Crippen LogP contribution in [0.4, 0.5) is 5.69 Å². The van der Waals surface area contributed by atoms with Gasteiger partial charge in [-0.15, -0.1) is 11.6 Å². The van der Waals surface area contributed by atoms with Crippen LogP contribution < -0.4 is 15.4 Å². The molecule has 0 aliphatic rings. The molecular weight excluding hydrogens is 244 g/mol. The van der Waals surface area contributed by atoms with Gasteiger partial charge in [0.15, 0.2) is 0 Å². The monoisotopic (exact) mass is 256 g/mol. The van der Waals surface area contributed by atoms with E-state index >= 15 is 0 Å². The van der Waals surface area contributed by atoms with E-state index in [1.54, 1.807) is 12.1 Å². The van der Waals surface area contributed by atoms with Crippen molar-refractivity contribution < 1.29 is 14.3 Å². The second-order valence-corrected chi connectivity index (χ2v) is 3.44. The number of amides is 2. The van der Waals surface area contributed by atoms with Gasteiger partial charge in [0.2, 0.25) is 5.91 Å². The van der Waals surface area contributed by atoms with Gasteiger partial charge in [-0.1, -0.05) is 0 Å². The summed E-state index contributed by atoms with van der Waals surface area (Å²) in [7, 11) is 3.01. The predicted octanol–water partition coefficient (Wildman–Crippen LogP) is 1.23. The normalized spacial score (nSPS) is 9.59. The zero-order chi connectivity index (χ0) is 12.8. The van der Waals surface area contributed by atoms with Crippen molar-refractivity contribution in [2.45, 2.75) is 0 Å². The Bertz CT molecular complexity index is 435. The number of carbonyl (C=O) groups excluding carboxylic acids is 2. The van der Waals surface area contributed by atoms with E-state index in [1.807, 2.05) is 0 Å². The maximum absolute atomic E-state index is 11.4. The summed E-state index contributed by atoms with van der Waals surface area (Å²) in [4.78, 5) is 22.6. The van der Waals surface area contributed by atoms with Gasteiger partial charge in [-0.05, 0) is 18.2 Å². The van der Waals surface area contributed by atoms with E-state index in [2.05, 4.69) is 10.6 Å². The van der Waals surface area contributed by atoms with Gasteiger partial charge >= 0.3 is 0 Å².